The van der Waals surface area contributed by atoms with Crippen LogP contribution in [0.2, 0.25) is 0 Å². The molecule has 1 unspecified atom stereocenters. The maximum Gasteiger partial charge on any atom is 0.419 e. The Bertz CT molecular complexity index is 1010. The highest BCUT2D eigenvalue weighted by Crippen LogP contribution is 2.43. The van der Waals surface area contributed by atoms with E-state index in [0.29, 0.717) is 17.5 Å². The predicted molar refractivity (Wildman–Crippen MR) is 103 cm³/mol. The molecule has 1 N–H and O–H groups in total. The van der Waals surface area contributed by atoms with Crippen molar-refractivity contribution in [3.8, 4) is 0 Å². The summed E-state index contributed by atoms with van der Waals surface area (Å²) in [6, 6.07) is 3.24. The van der Waals surface area contributed by atoms with Crippen molar-refractivity contribution in [2.75, 3.05) is 26.2 Å². The highest BCUT2D eigenvalue weighted by Gasteiger charge is 2.43. The molecule has 0 bridgehead atoms. The van der Waals surface area contributed by atoms with Crippen molar-refractivity contribution < 1.29 is 35.5 Å². The minimum Gasteiger partial charge on any atom is -0.296 e. The van der Waals surface area contributed by atoms with Crippen molar-refractivity contribution in [1.82, 2.24) is 20.0 Å². The van der Waals surface area contributed by atoms with Gasteiger partial charge in [0.15, 0.2) is 6.29 Å². The summed E-state index contributed by atoms with van der Waals surface area (Å²) in [4.78, 5) is 14.4. The van der Waals surface area contributed by atoms with Crippen LogP contribution in [0.1, 0.15) is 57.8 Å². The first-order valence-corrected chi connectivity index (χ1v) is 10.4. The van der Waals surface area contributed by atoms with Gasteiger partial charge in [-0.3, -0.25) is 19.7 Å². The van der Waals surface area contributed by atoms with E-state index in [0.717, 1.165) is 6.07 Å². The van der Waals surface area contributed by atoms with Gasteiger partial charge in [-0.15, -0.1) is 0 Å². The van der Waals surface area contributed by atoms with Crippen LogP contribution in [0.4, 0.5) is 30.7 Å². The smallest absolute Gasteiger partial charge is 0.296 e. The van der Waals surface area contributed by atoms with Crippen LogP contribution >= 0.6 is 0 Å². The van der Waals surface area contributed by atoms with E-state index in [1.54, 1.807) is 4.90 Å². The SMILES string of the molecule is O=Cc1n[nH]c2c1C(N1CCC(c3cccc(F)c3C(F)(F)F)CC1)N(CC(F)(F)F)CC2. The topological polar surface area (TPSA) is 52.2 Å². The van der Waals surface area contributed by atoms with Gasteiger partial charge in [-0.25, -0.2) is 4.39 Å². The number of likely N-dealkylation sites (tertiary alicyclic amines) is 1. The number of hydrogen-bond donors (Lipinski definition) is 1. The van der Waals surface area contributed by atoms with Crippen molar-refractivity contribution in [1.29, 1.82) is 0 Å². The number of benzene rings is 1. The van der Waals surface area contributed by atoms with Crippen LogP contribution in [0.25, 0.3) is 0 Å². The number of halogens is 7. The molecule has 0 aliphatic carbocycles. The number of nitrogens with zero attached hydrogens (tertiary/aromatic N) is 3. The van der Waals surface area contributed by atoms with E-state index in [9.17, 15) is 35.5 Å². The van der Waals surface area contributed by atoms with Crippen molar-refractivity contribution >= 4 is 6.29 Å². The first-order valence-electron chi connectivity index (χ1n) is 10.4. The summed E-state index contributed by atoms with van der Waals surface area (Å²) in [6.07, 6.45) is -9.06. The van der Waals surface area contributed by atoms with Gasteiger partial charge in [0.05, 0.1) is 18.3 Å². The van der Waals surface area contributed by atoms with Crippen LogP contribution in [0, 0.1) is 5.82 Å². The van der Waals surface area contributed by atoms with Gasteiger partial charge in [0, 0.05) is 37.3 Å². The molecule has 0 amide bonds. The van der Waals surface area contributed by atoms with Gasteiger partial charge in [-0.2, -0.15) is 31.4 Å². The third-order valence-electron chi connectivity index (χ3n) is 6.30. The van der Waals surface area contributed by atoms with Crippen molar-refractivity contribution in [2.24, 2.45) is 0 Å². The maximum absolute atomic E-state index is 14.0. The van der Waals surface area contributed by atoms with Crippen LogP contribution in [0.15, 0.2) is 18.2 Å². The Morgan fingerprint density at radius 2 is 1.79 bits per heavy atom. The lowest BCUT2D eigenvalue weighted by Crippen LogP contribution is -2.50. The quantitative estimate of drug-likeness (QED) is 0.512. The Kier molecular flexibility index (Phi) is 6.25. The lowest BCUT2D eigenvalue weighted by atomic mass is 9.85. The van der Waals surface area contributed by atoms with E-state index in [2.05, 4.69) is 10.2 Å². The zero-order valence-electron chi connectivity index (χ0n) is 17.3. The molecule has 2 aromatic rings. The molecule has 1 atom stereocenters. The van der Waals surface area contributed by atoms with Crippen LogP contribution in [-0.2, 0) is 12.6 Å². The summed E-state index contributed by atoms with van der Waals surface area (Å²) < 4.78 is 94.1. The number of hydrogen-bond acceptors (Lipinski definition) is 4. The molecule has 0 spiro atoms. The van der Waals surface area contributed by atoms with Gasteiger partial charge in [0.25, 0.3) is 0 Å². The largest absolute Gasteiger partial charge is 0.419 e. The van der Waals surface area contributed by atoms with E-state index in [-0.39, 0.29) is 50.2 Å². The molecule has 2 aliphatic rings. The number of carbonyl (C=O) groups excluding carboxylic acids is 1. The van der Waals surface area contributed by atoms with E-state index in [1.807, 2.05) is 0 Å². The number of aromatic nitrogens is 2. The molecule has 33 heavy (non-hydrogen) atoms. The Labute approximate surface area is 184 Å². The molecule has 5 nitrogen and oxygen atoms in total. The summed E-state index contributed by atoms with van der Waals surface area (Å²) in [6.45, 7) is -0.747. The zero-order chi connectivity index (χ0) is 24.0. The number of nitrogens with one attached hydrogen (secondary N) is 1. The van der Waals surface area contributed by atoms with Gasteiger partial charge in [-0.1, -0.05) is 12.1 Å². The molecular weight excluding hydrogens is 457 g/mol. The fraction of sp³-hybridized carbons (Fsp3) is 0.524. The number of alkyl halides is 6. The summed E-state index contributed by atoms with van der Waals surface area (Å²) in [5.41, 5.74) is -0.461. The second kappa shape index (κ2) is 8.71. The third-order valence-corrected chi connectivity index (χ3v) is 6.30. The van der Waals surface area contributed by atoms with E-state index in [1.165, 1.54) is 17.0 Å². The maximum atomic E-state index is 14.0. The van der Waals surface area contributed by atoms with Crippen LogP contribution in [0.5, 0.6) is 0 Å². The lowest BCUT2D eigenvalue weighted by molar-refractivity contribution is -0.162. The molecule has 180 valence electrons. The van der Waals surface area contributed by atoms with Gasteiger partial charge in [-0.05, 0) is 30.4 Å². The third kappa shape index (κ3) is 4.77. The number of carbonyl (C=O) groups is 1. The van der Waals surface area contributed by atoms with Gasteiger partial charge >= 0.3 is 12.4 Å². The first kappa shape index (κ1) is 23.7. The Morgan fingerprint density at radius 3 is 2.39 bits per heavy atom. The molecule has 3 heterocycles. The summed E-state index contributed by atoms with van der Waals surface area (Å²) >= 11 is 0. The minimum absolute atomic E-state index is 0.0217. The van der Waals surface area contributed by atoms with E-state index < -0.39 is 42.4 Å². The number of fused-ring (bicyclic) bond motifs is 1. The highest BCUT2D eigenvalue weighted by atomic mass is 19.4. The normalized spacial score (nSPS) is 21.2. The molecule has 1 fully saturated rings. The van der Waals surface area contributed by atoms with E-state index >= 15 is 0 Å². The molecule has 1 saturated heterocycles. The Hall–Kier alpha value is -2.47. The standard InChI is InChI=1S/C21H21F7N4O/c22-14-3-1-2-13(18(14)21(26,27)28)12-4-7-31(8-5-12)19-17-15(29-30-16(17)10-33)6-9-32(19)11-20(23,24)25/h1-3,10,12,19H,4-9,11H2,(H,29,30). The minimum atomic E-state index is -4.85. The second-order valence-corrected chi connectivity index (χ2v) is 8.34. The van der Waals surface area contributed by atoms with Crippen molar-refractivity contribution in [3.05, 3.63) is 52.1 Å². The average molecular weight is 478 g/mol. The molecule has 1 aromatic heterocycles. The summed E-state index contributed by atoms with van der Waals surface area (Å²) in [5, 5.41) is 6.62. The number of rotatable bonds is 4. The van der Waals surface area contributed by atoms with Crippen molar-refractivity contribution in [3.63, 3.8) is 0 Å². The molecule has 0 radical (unpaired) electrons. The second-order valence-electron chi connectivity index (χ2n) is 8.34. The van der Waals surface area contributed by atoms with Crippen LogP contribution in [0.3, 0.4) is 0 Å². The van der Waals surface area contributed by atoms with Crippen LogP contribution in [-0.4, -0.2) is 58.6 Å². The Morgan fingerprint density at radius 1 is 1.09 bits per heavy atom. The highest BCUT2D eigenvalue weighted by molar-refractivity contribution is 5.75. The fourth-order valence-corrected chi connectivity index (χ4v) is 4.98. The molecule has 2 aliphatic heterocycles. The fourth-order valence-electron chi connectivity index (χ4n) is 4.98. The lowest BCUT2D eigenvalue weighted by Gasteiger charge is -2.45. The molecule has 12 heteroatoms. The van der Waals surface area contributed by atoms with Crippen LogP contribution < -0.4 is 0 Å². The molecular formula is C21H21F7N4O. The van der Waals surface area contributed by atoms with Gasteiger partial charge < -0.3 is 0 Å². The number of aromatic amines is 1. The number of aldehydes is 1. The van der Waals surface area contributed by atoms with E-state index in [4.69, 9.17) is 0 Å². The monoisotopic (exact) mass is 478 g/mol. The first-order chi connectivity index (χ1) is 15.5. The average Bonchev–Trinajstić information content (AvgIpc) is 3.15. The van der Waals surface area contributed by atoms with Gasteiger partial charge in [0.1, 0.15) is 11.5 Å². The zero-order valence-corrected chi connectivity index (χ0v) is 17.3. The Balaban J connectivity index is 1.61. The molecule has 0 saturated carbocycles. The van der Waals surface area contributed by atoms with Crippen molar-refractivity contribution in [2.45, 2.75) is 43.7 Å². The summed E-state index contributed by atoms with van der Waals surface area (Å²) in [5.74, 6) is -1.94. The molecule has 1 aromatic carbocycles. The number of H-pyrrole nitrogens is 1. The molecule has 4 rings (SSSR count). The summed E-state index contributed by atoms with van der Waals surface area (Å²) in [7, 11) is 0. The number of piperidine rings is 1. The van der Waals surface area contributed by atoms with Gasteiger partial charge in [0.2, 0.25) is 0 Å². The predicted octanol–water partition coefficient (Wildman–Crippen LogP) is 4.68.